The molecule has 1 aliphatic heterocycles. The van der Waals surface area contributed by atoms with Crippen LogP contribution in [0.2, 0.25) is 0 Å². The van der Waals surface area contributed by atoms with Gasteiger partial charge in [-0.25, -0.2) is 0 Å². The van der Waals surface area contributed by atoms with Crippen molar-refractivity contribution in [3.05, 3.63) is 47.8 Å². The lowest BCUT2D eigenvalue weighted by molar-refractivity contribution is 0.357. The summed E-state index contributed by atoms with van der Waals surface area (Å²) in [6.45, 7) is 1.64. The summed E-state index contributed by atoms with van der Waals surface area (Å²) < 4.78 is 7.47. The molecule has 1 aromatic heterocycles. The highest BCUT2D eigenvalue weighted by Gasteiger charge is 2.15. The molecule has 0 amide bonds. The first kappa shape index (κ1) is 8.53. The van der Waals surface area contributed by atoms with Gasteiger partial charge in [0, 0.05) is 24.4 Å². The van der Waals surface area contributed by atoms with Crippen LogP contribution in [-0.2, 0) is 13.0 Å². The van der Waals surface area contributed by atoms with Crippen molar-refractivity contribution < 1.29 is 4.74 Å². The molecular weight excluding hydrogens is 188 g/mol. The van der Waals surface area contributed by atoms with Crippen LogP contribution in [0, 0.1) is 0 Å². The van der Waals surface area contributed by atoms with Gasteiger partial charge in [-0.2, -0.15) is 5.10 Å². The van der Waals surface area contributed by atoms with Crippen molar-refractivity contribution in [2.45, 2.75) is 13.0 Å². The van der Waals surface area contributed by atoms with Crippen molar-refractivity contribution in [3.8, 4) is 5.75 Å². The van der Waals surface area contributed by atoms with Gasteiger partial charge in [0.1, 0.15) is 5.75 Å². The van der Waals surface area contributed by atoms with E-state index in [0.717, 1.165) is 25.3 Å². The van der Waals surface area contributed by atoms with Crippen molar-refractivity contribution in [2.75, 3.05) is 6.61 Å². The van der Waals surface area contributed by atoms with E-state index in [2.05, 4.69) is 11.2 Å². The van der Waals surface area contributed by atoms with Gasteiger partial charge in [0.2, 0.25) is 0 Å². The van der Waals surface area contributed by atoms with E-state index >= 15 is 0 Å². The average Bonchev–Trinajstić information content (AvgIpc) is 2.87. The Kier molecular flexibility index (Phi) is 1.95. The number of ether oxygens (including phenoxy) is 1. The van der Waals surface area contributed by atoms with Gasteiger partial charge in [-0.05, 0) is 17.7 Å². The zero-order chi connectivity index (χ0) is 10.1. The van der Waals surface area contributed by atoms with Crippen molar-refractivity contribution in [1.29, 1.82) is 0 Å². The number of hydrogen-bond donors (Lipinski definition) is 0. The van der Waals surface area contributed by atoms with Gasteiger partial charge in [-0.1, -0.05) is 12.1 Å². The first-order chi connectivity index (χ1) is 7.43. The number of fused-ring (bicyclic) bond motifs is 1. The highest BCUT2D eigenvalue weighted by molar-refractivity contribution is 5.42. The van der Waals surface area contributed by atoms with Crippen LogP contribution in [0.3, 0.4) is 0 Å². The molecule has 15 heavy (non-hydrogen) atoms. The highest BCUT2D eigenvalue weighted by Crippen LogP contribution is 2.28. The Bertz CT molecular complexity index is 462. The molecule has 0 radical (unpaired) electrons. The zero-order valence-corrected chi connectivity index (χ0v) is 8.39. The minimum atomic E-state index is 0.811. The van der Waals surface area contributed by atoms with Crippen LogP contribution in [0.15, 0.2) is 36.7 Å². The van der Waals surface area contributed by atoms with Crippen LogP contribution in [0.1, 0.15) is 11.1 Å². The van der Waals surface area contributed by atoms with Crippen molar-refractivity contribution in [2.24, 2.45) is 0 Å². The molecule has 0 saturated carbocycles. The lowest BCUT2D eigenvalue weighted by atomic mass is 10.1. The maximum Gasteiger partial charge on any atom is 0.122 e. The monoisotopic (exact) mass is 200 g/mol. The molecule has 0 spiro atoms. The van der Waals surface area contributed by atoms with Crippen LogP contribution in [0.5, 0.6) is 5.75 Å². The van der Waals surface area contributed by atoms with Crippen LogP contribution in [-0.4, -0.2) is 16.4 Å². The van der Waals surface area contributed by atoms with Crippen LogP contribution in [0.4, 0.5) is 0 Å². The van der Waals surface area contributed by atoms with Gasteiger partial charge in [0.05, 0.1) is 13.2 Å². The van der Waals surface area contributed by atoms with Crippen molar-refractivity contribution in [1.82, 2.24) is 9.78 Å². The van der Waals surface area contributed by atoms with Gasteiger partial charge in [0.25, 0.3) is 0 Å². The van der Waals surface area contributed by atoms with Gasteiger partial charge >= 0.3 is 0 Å². The van der Waals surface area contributed by atoms with E-state index in [1.54, 1.807) is 6.20 Å². The molecule has 1 aliphatic rings. The Labute approximate surface area is 88.3 Å². The molecule has 1 aromatic carbocycles. The van der Waals surface area contributed by atoms with Gasteiger partial charge in [-0.15, -0.1) is 0 Å². The molecular formula is C12H12N2O. The lowest BCUT2D eigenvalue weighted by Gasteiger charge is -2.06. The molecule has 3 rings (SSSR count). The van der Waals surface area contributed by atoms with E-state index in [4.69, 9.17) is 4.74 Å². The molecule has 0 fully saturated rings. The second kappa shape index (κ2) is 3.42. The number of aromatic nitrogens is 2. The molecule has 76 valence electrons. The molecule has 0 bridgehead atoms. The summed E-state index contributed by atoms with van der Waals surface area (Å²) >= 11 is 0. The molecule has 0 N–H and O–H groups in total. The fourth-order valence-electron chi connectivity index (χ4n) is 2.01. The summed E-state index contributed by atoms with van der Waals surface area (Å²) in [6, 6.07) is 8.17. The van der Waals surface area contributed by atoms with E-state index in [1.807, 2.05) is 29.1 Å². The van der Waals surface area contributed by atoms with E-state index < -0.39 is 0 Å². The minimum absolute atomic E-state index is 0.811. The zero-order valence-electron chi connectivity index (χ0n) is 8.39. The van der Waals surface area contributed by atoms with E-state index in [0.29, 0.717) is 0 Å². The maximum atomic E-state index is 5.53. The molecule has 0 aliphatic carbocycles. The minimum Gasteiger partial charge on any atom is -0.493 e. The Hall–Kier alpha value is -1.77. The quantitative estimate of drug-likeness (QED) is 0.740. The van der Waals surface area contributed by atoms with Crippen LogP contribution in [0.25, 0.3) is 0 Å². The number of hydrogen-bond acceptors (Lipinski definition) is 2. The predicted molar refractivity (Wildman–Crippen MR) is 57.0 cm³/mol. The van der Waals surface area contributed by atoms with Gasteiger partial charge in [-0.3, -0.25) is 4.68 Å². The third-order valence-electron chi connectivity index (χ3n) is 2.73. The van der Waals surface area contributed by atoms with Crippen molar-refractivity contribution in [3.63, 3.8) is 0 Å². The first-order valence-electron chi connectivity index (χ1n) is 5.14. The number of nitrogens with zero attached hydrogens (tertiary/aromatic N) is 2. The first-order valence-corrected chi connectivity index (χ1v) is 5.14. The Morgan fingerprint density at radius 3 is 3.20 bits per heavy atom. The predicted octanol–water partition coefficient (Wildman–Crippen LogP) is 1.87. The fraction of sp³-hybridized carbons (Fsp3) is 0.250. The third kappa shape index (κ3) is 1.50. The van der Waals surface area contributed by atoms with Gasteiger partial charge < -0.3 is 4.74 Å². The summed E-state index contributed by atoms with van der Waals surface area (Å²) in [4.78, 5) is 0. The van der Waals surface area contributed by atoms with E-state index in [9.17, 15) is 0 Å². The summed E-state index contributed by atoms with van der Waals surface area (Å²) in [5, 5.41) is 4.21. The SMILES string of the molecule is c1cc(Cn2cccn2)c2c(c1)OCC2. The average molecular weight is 200 g/mol. The van der Waals surface area contributed by atoms with Crippen LogP contribution >= 0.6 is 0 Å². The Morgan fingerprint density at radius 1 is 1.33 bits per heavy atom. The molecule has 0 atom stereocenters. The smallest absolute Gasteiger partial charge is 0.122 e. The summed E-state index contributed by atoms with van der Waals surface area (Å²) in [6.07, 6.45) is 4.81. The largest absolute Gasteiger partial charge is 0.493 e. The summed E-state index contributed by atoms with van der Waals surface area (Å²) in [5.74, 6) is 1.04. The molecule has 0 saturated heterocycles. The summed E-state index contributed by atoms with van der Waals surface area (Å²) in [5.41, 5.74) is 2.65. The molecule has 2 aromatic rings. The summed E-state index contributed by atoms with van der Waals surface area (Å²) in [7, 11) is 0. The molecule has 3 heteroatoms. The third-order valence-corrected chi connectivity index (χ3v) is 2.73. The Balaban J connectivity index is 1.96. The molecule has 2 heterocycles. The number of benzene rings is 1. The second-order valence-electron chi connectivity index (χ2n) is 3.70. The van der Waals surface area contributed by atoms with Gasteiger partial charge in [0.15, 0.2) is 0 Å². The van der Waals surface area contributed by atoms with E-state index in [1.165, 1.54) is 11.1 Å². The topological polar surface area (TPSA) is 27.1 Å². The molecule has 3 nitrogen and oxygen atoms in total. The normalized spacial score (nSPS) is 13.6. The standard InChI is InChI=1S/C12H12N2O/c1-3-10(9-14-7-2-6-13-14)11-5-8-15-12(11)4-1/h1-4,6-7H,5,8-9H2. The Morgan fingerprint density at radius 2 is 2.33 bits per heavy atom. The lowest BCUT2D eigenvalue weighted by Crippen LogP contribution is -2.02. The number of rotatable bonds is 2. The van der Waals surface area contributed by atoms with Crippen molar-refractivity contribution >= 4 is 0 Å². The maximum absolute atomic E-state index is 5.53. The second-order valence-corrected chi connectivity index (χ2v) is 3.70. The molecule has 0 unspecified atom stereocenters. The van der Waals surface area contributed by atoms with Crippen LogP contribution < -0.4 is 4.74 Å². The highest BCUT2D eigenvalue weighted by atomic mass is 16.5. The van der Waals surface area contributed by atoms with E-state index in [-0.39, 0.29) is 0 Å². The fourth-order valence-corrected chi connectivity index (χ4v) is 2.01.